The van der Waals surface area contributed by atoms with E-state index in [9.17, 15) is 4.79 Å². The number of esters is 1. The lowest BCUT2D eigenvalue weighted by Crippen LogP contribution is -2.06. The van der Waals surface area contributed by atoms with E-state index in [4.69, 9.17) is 9.47 Å². The Labute approximate surface area is 75.3 Å². The van der Waals surface area contributed by atoms with E-state index in [1.54, 1.807) is 6.92 Å². The van der Waals surface area contributed by atoms with Crippen molar-refractivity contribution in [1.29, 1.82) is 0 Å². The first-order chi connectivity index (χ1) is 6.27. The Morgan fingerprint density at radius 2 is 2.38 bits per heavy atom. The Morgan fingerprint density at radius 3 is 3.00 bits per heavy atom. The zero-order chi connectivity index (χ0) is 9.68. The molecule has 1 aromatic heterocycles. The molecule has 72 valence electrons. The first kappa shape index (κ1) is 9.66. The summed E-state index contributed by atoms with van der Waals surface area (Å²) in [5.41, 5.74) is 0. The summed E-state index contributed by atoms with van der Waals surface area (Å²) in [7, 11) is 1.53. The van der Waals surface area contributed by atoms with Crippen molar-refractivity contribution in [2.75, 3.05) is 13.7 Å². The highest BCUT2D eigenvalue weighted by Gasteiger charge is 2.12. The number of rotatable bonds is 4. The lowest BCUT2D eigenvalue weighted by molar-refractivity contribution is 0.0512. The van der Waals surface area contributed by atoms with Gasteiger partial charge in [-0.15, -0.1) is 5.10 Å². The van der Waals surface area contributed by atoms with E-state index in [0.29, 0.717) is 19.0 Å². The fraction of sp³-hybridized carbons (Fsp3) is 0.571. The lowest BCUT2D eigenvalue weighted by Gasteiger charge is -1.94. The molecule has 1 N–H and O–H groups in total. The van der Waals surface area contributed by atoms with Crippen LogP contribution in [-0.2, 0) is 16.1 Å². The Balaban J connectivity index is 2.62. The molecule has 1 heterocycles. The van der Waals surface area contributed by atoms with Gasteiger partial charge >= 0.3 is 5.97 Å². The third-order valence-electron chi connectivity index (χ3n) is 1.27. The minimum Gasteiger partial charge on any atom is -0.460 e. The van der Waals surface area contributed by atoms with Gasteiger partial charge in [0.2, 0.25) is 0 Å². The molecule has 0 fully saturated rings. The molecule has 0 atom stereocenters. The van der Waals surface area contributed by atoms with Crippen LogP contribution in [0.2, 0.25) is 0 Å². The molecule has 0 aliphatic heterocycles. The monoisotopic (exact) mass is 185 g/mol. The number of carbonyl (C=O) groups excluding carboxylic acids is 1. The average molecular weight is 185 g/mol. The molecule has 0 radical (unpaired) electrons. The topological polar surface area (TPSA) is 77.1 Å². The molecule has 0 amide bonds. The lowest BCUT2D eigenvalue weighted by atomic mass is 10.6. The normalized spacial score (nSPS) is 10.0. The summed E-state index contributed by atoms with van der Waals surface area (Å²) < 4.78 is 9.49. The van der Waals surface area contributed by atoms with Crippen molar-refractivity contribution in [3.8, 4) is 0 Å². The number of hydrogen-bond acceptors (Lipinski definition) is 5. The van der Waals surface area contributed by atoms with Gasteiger partial charge in [0.25, 0.3) is 5.82 Å². The average Bonchev–Trinajstić information content (AvgIpc) is 2.54. The Bertz CT molecular complexity index is 284. The van der Waals surface area contributed by atoms with Crippen LogP contribution in [0, 0.1) is 0 Å². The Morgan fingerprint density at radius 1 is 1.62 bits per heavy atom. The van der Waals surface area contributed by atoms with Gasteiger partial charge in [0.15, 0.2) is 5.82 Å². The summed E-state index contributed by atoms with van der Waals surface area (Å²) in [5, 5.41) is 6.22. The summed E-state index contributed by atoms with van der Waals surface area (Å²) in [5.74, 6) is 0.0144. The van der Waals surface area contributed by atoms with Crippen LogP contribution in [-0.4, -0.2) is 34.9 Å². The van der Waals surface area contributed by atoms with Gasteiger partial charge < -0.3 is 9.47 Å². The molecule has 0 saturated carbocycles. The van der Waals surface area contributed by atoms with Gasteiger partial charge in [-0.05, 0) is 6.92 Å². The van der Waals surface area contributed by atoms with Crippen molar-refractivity contribution < 1.29 is 14.3 Å². The van der Waals surface area contributed by atoms with Crippen LogP contribution < -0.4 is 0 Å². The number of carbonyl (C=O) groups is 1. The van der Waals surface area contributed by atoms with Crippen molar-refractivity contribution in [3.63, 3.8) is 0 Å². The number of ether oxygens (including phenoxy) is 2. The second-order valence-electron chi connectivity index (χ2n) is 2.26. The second-order valence-corrected chi connectivity index (χ2v) is 2.26. The molecule has 1 rings (SSSR count). The summed E-state index contributed by atoms with van der Waals surface area (Å²) in [6, 6.07) is 0. The first-order valence-electron chi connectivity index (χ1n) is 3.85. The van der Waals surface area contributed by atoms with E-state index >= 15 is 0 Å². The maximum Gasteiger partial charge on any atom is 0.378 e. The molecule has 0 aliphatic carbocycles. The van der Waals surface area contributed by atoms with Gasteiger partial charge in [-0.25, -0.2) is 9.78 Å². The molecule has 0 aromatic carbocycles. The molecular formula is C7H11N3O3. The highest BCUT2D eigenvalue weighted by atomic mass is 16.5. The largest absolute Gasteiger partial charge is 0.460 e. The summed E-state index contributed by atoms with van der Waals surface area (Å²) in [6.45, 7) is 2.33. The van der Waals surface area contributed by atoms with Gasteiger partial charge in [0.05, 0.1) is 6.61 Å². The van der Waals surface area contributed by atoms with E-state index in [0.717, 1.165) is 0 Å². The molecule has 0 bridgehead atoms. The van der Waals surface area contributed by atoms with Crippen LogP contribution in [0.25, 0.3) is 0 Å². The van der Waals surface area contributed by atoms with Crippen LogP contribution in [0.3, 0.4) is 0 Å². The highest BCUT2D eigenvalue weighted by molar-refractivity contribution is 5.84. The van der Waals surface area contributed by atoms with Gasteiger partial charge in [-0.1, -0.05) is 0 Å². The van der Waals surface area contributed by atoms with Crippen LogP contribution in [0.5, 0.6) is 0 Å². The van der Waals surface area contributed by atoms with Crippen LogP contribution >= 0.6 is 0 Å². The summed E-state index contributed by atoms with van der Waals surface area (Å²) in [4.78, 5) is 14.9. The third kappa shape index (κ3) is 2.51. The zero-order valence-corrected chi connectivity index (χ0v) is 7.53. The van der Waals surface area contributed by atoms with Crippen LogP contribution in [0.4, 0.5) is 0 Å². The molecule has 13 heavy (non-hydrogen) atoms. The predicted molar refractivity (Wildman–Crippen MR) is 43.1 cm³/mol. The number of aromatic amines is 1. The minimum atomic E-state index is -0.527. The number of hydrogen-bond donors (Lipinski definition) is 1. The maximum atomic E-state index is 11.1. The molecule has 0 spiro atoms. The molecule has 0 saturated heterocycles. The first-order valence-corrected chi connectivity index (χ1v) is 3.85. The summed E-state index contributed by atoms with van der Waals surface area (Å²) in [6.07, 6.45) is 0. The minimum absolute atomic E-state index is 0.0360. The zero-order valence-electron chi connectivity index (χ0n) is 7.53. The number of H-pyrrole nitrogens is 1. The van der Waals surface area contributed by atoms with Crippen LogP contribution in [0.1, 0.15) is 23.4 Å². The van der Waals surface area contributed by atoms with Gasteiger partial charge in [-0.3, -0.25) is 5.10 Å². The Kier molecular flexibility index (Phi) is 3.39. The molecule has 6 heteroatoms. The van der Waals surface area contributed by atoms with Crippen molar-refractivity contribution in [2.24, 2.45) is 0 Å². The van der Waals surface area contributed by atoms with Crippen molar-refractivity contribution in [2.45, 2.75) is 13.5 Å². The van der Waals surface area contributed by atoms with E-state index in [2.05, 4.69) is 15.2 Å². The van der Waals surface area contributed by atoms with Crippen molar-refractivity contribution >= 4 is 5.97 Å². The fourth-order valence-electron chi connectivity index (χ4n) is 0.784. The van der Waals surface area contributed by atoms with E-state index < -0.39 is 5.97 Å². The smallest absolute Gasteiger partial charge is 0.378 e. The quantitative estimate of drug-likeness (QED) is 0.674. The number of nitrogens with one attached hydrogen (secondary N) is 1. The van der Waals surface area contributed by atoms with Crippen molar-refractivity contribution in [1.82, 2.24) is 15.2 Å². The summed E-state index contributed by atoms with van der Waals surface area (Å²) >= 11 is 0. The highest BCUT2D eigenvalue weighted by Crippen LogP contribution is 1.96. The molecule has 6 nitrogen and oxygen atoms in total. The number of methoxy groups -OCH3 is 1. The van der Waals surface area contributed by atoms with Gasteiger partial charge in [0, 0.05) is 7.11 Å². The van der Waals surface area contributed by atoms with Gasteiger partial charge in [0.1, 0.15) is 6.61 Å². The second kappa shape index (κ2) is 4.56. The number of nitrogens with zero attached hydrogens (tertiary/aromatic N) is 2. The maximum absolute atomic E-state index is 11.1. The van der Waals surface area contributed by atoms with Gasteiger partial charge in [-0.2, -0.15) is 0 Å². The van der Waals surface area contributed by atoms with E-state index in [1.807, 2.05) is 0 Å². The van der Waals surface area contributed by atoms with Crippen LogP contribution in [0.15, 0.2) is 0 Å². The fourth-order valence-corrected chi connectivity index (χ4v) is 0.784. The Hall–Kier alpha value is -1.43. The molecular weight excluding hydrogens is 174 g/mol. The molecule has 0 unspecified atom stereocenters. The number of aromatic nitrogens is 3. The van der Waals surface area contributed by atoms with E-state index in [1.165, 1.54) is 7.11 Å². The van der Waals surface area contributed by atoms with Crippen molar-refractivity contribution in [3.05, 3.63) is 11.6 Å². The standard InChI is InChI=1S/C7H11N3O3/c1-3-13-7(11)6-8-5(4-12-2)9-10-6/h3-4H2,1-2H3,(H,8,9,10). The predicted octanol–water partition coefficient (Wildman–Crippen LogP) is 0.128. The van der Waals surface area contributed by atoms with E-state index in [-0.39, 0.29) is 5.82 Å². The molecule has 1 aromatic rings. The third-order valence-corrected chi connectivity index (χ3v) is 1.27. The SMILES string of the molecule is CCOC(=O)c1n[nH]c(COC)n1. The molecule has 0 aliphatic rings.